The summed E-state index contributed by atoms with van der Waals surface area (Å²) in [5.41, 5.74) is 2.18. The van der Waals surface area contributed by atoms with Gasteiger partial charge in [0.05, 0.1) is 0 Å². The van der Waals surface area contributed by atoms with Gasteiger partial charge in [-0.2, -0.15) is 0 Å². The highest BCUT2D eigenvalue weighted by molar-refractivity contribution is 7.80. The molecule has 0 aliphatic heterocycles. The van der Waals surface area contributed by atoms with Crippen LogP contribution in [0.2, 0.25) is 5.02 Å². The number of halogens is 4. The molecule has 0 aromatic heterocycles. The summed E-state index contributed by atoms with van der Waals surface area (Å²) in [6.45, 7) is 1.86. The third-order valence-corrected chi connectivity index (χ3v) is 3.39. The van der Waals surface area contributed by atoms with Gasteiger partial charge >= 0.3 is 6.36 Å². The van der Waals surface area contributed by atoms with Gasteiger partial charge < -0.3 is 15.4 Å². The molecule has 0 heterocycles. The van der Waals surface area contributed by atoms with E-state index in [2.05, 4.69) is 15.4 Å². The van der Waals surface area contributed by atoms with Gasteiger partial charge in [0.25, 0.3) is 0 Å². The number of ether oxygens (including phenoxy) is 1. The molecule has 23 heavy (non-hydrogen) atoms. The summed E-state index contributed by atoms with van der Waals surface area (Å²) in [5, 5.41) is 6.78. The maximum absolute atomic E-state index is 12.1. The summed E-state index contributed by atoms with van der Waals surface area (Å²) in [7, 11) is 0. The molecule has 0 aliphatic rings. The largest absolute Gasteiger partial charge is 0.573 e. The van der Waals surface area contributed by atoms with Crippen LogP contribution in [0.1, 0.15) is 5.56 Å². The van der Waals surface area contributed by atoms with Gasteiger partial charge in [-0.15, -0.1) is 13.2 Å². The van der Waals surface area contributed by atoms with Crippen LogP contribution in [0, 0.1) is 6.92 Å². The Kier molecular flexibility index (Phi) is 5.33. The van der Waals surface area contributed by atoms with Gasteiger partial charge in [-0.25, -0.2) is 0 Å². The molecule has 0 amide bonds. The Morgan fingerprint density at radius 1 is 1.04 bits per heavy atom. The minimum absolute atomic E-state index is 0.296. The molecule has 0 atom stereocenters. The Balaban J connectivity index is 1.96. The number of alkyl halides is 3. The zero-order valence-corrected chi connectivity index (χ0v) is 13.4. The normalized spacial score (nSPS) is 11.0. The molecular weight excluding hydrogens is 349 g/mol. The quantitative estimate of drug-likeness (QED) is 0.722. The number of benzene rings is 2. The van der Waals surface area contributed by atoms with Crippen molar-refractivity contribution in [2.24, 2.45) is 0 Å². The van der Waals surface area contributed by atoms with Gasteiger partial charge in [0, 0.05) is 16.4 Å². The predicted octanol–water partition coefficient (Wildman–Crippen LogP) is 5.36. The van der Waals surface area contributed by atoms with Crippen molar-refractivity contribution in [3.63, 3.8) is 0 Å². The summed E-state index contributed by atoms with van der Waals surface area (Å²) in [6.07, 6.45) is -4.71. The summed E-state index contributed by atoms with van der Waals surface area (Å²) in [5.74, 6) is -0.296. The number of hydrogen-bond acceptors (Lipinski definition) is 2. The zero-order valence-electron chi connectivity index (χ0n) is 11.9. The van der Waals surface area contributed by atoms with Crippen molar-refractivity contribution in [3.05, 3.63) is 53.1 Å². The van der Waals surface area contributed by atoms with Gasteiger partial charge in [0.2, 0.25) is 0 Å². The molecule has 0 radical (unpaired) electrons. The highest BCUT2D eigenvalue weighted by Gasteiger charge is 2.30. The fourth-order valence-electron chi connectivity index (χ4n) is 1.76. The van der Waals surface area contributed by atoms with Crippen molar-refractivity contribution >= 4 is 40.3 Å². The first-order valence-electron chi connectivity index (χ1n) is 6.43. The van der Waals surface area contributed by atoms with Crippen LogP contribution in [0.25, 0.3) is 0 Å². The third-order valence-electron chi connectivity index (χ3n) is 2.76. The Morgan fingerprint density at radius 3 is 2.17 bits per heavy atom. The molecule has 0 spiro atoms. The Bertz CT molecular complexity index is 705. The topological polar surface area (TPSA) is 33.3 Å². The lowest BCUT2D eigenvalue weighted by atomic mass is 10.2. The average Bonchev–Trinajstić information content (AvgIpc) is 2.43. The number of nitrogens with one attached hydrogen (secondary N) is 2. The van der Waals surface area contributed by atoms with Crippen molar-refractivity contribution in [1.29, 1.82) is 0 Å². The Hall–Kier alpha value is -1.99. The molecule has 0 aliphatic carbocycles. The van der Waals surface area contributed by atoms with Gasteiger partial charge in [-0.05, 0) is 67.2 Å². The molecule has 0 saturated carbocycles. The summed E-state index contributed by atoms with van der Waals surface area (Å²) in [4.78, 5) is 0. The van der Waals surface area contributed by atoms with Crippen molar-refractivity contribution in [1.82, 2.24) is 0 Å². The van der Waals surface area contributed by atoms with E-state index in [0.717, 1.165) is 11.3 Å². The smallest absolute Gasteiger partial charge is 0.406 e. The molecule has 3 nitrogen and oxygen atoms in total. The van der Waals surface area contributed by atoms with Crippen LogP contribution in [0.5, 0.6) is 5.75 Å². The monoisotopic (exact) mass is 360 g/mol. The minimum Gasteiger partial charge on any atom is -0.406 e. The van der Waals surface area contributed by atoms with E-state index < -0.39 is 6.36 Å². The Morgan fingerprint density at radius 2 is 1.61 bits per heavy atom. The molecular formula is C15H12ClF3N2OS. The van der Waals surface area contributed by atoms with Crippen LogP contribution in [0.15, 0.2) is 42.5 Å². The summed E-state index contributed by atoms with van der Waals surface area (Å²) >= 11 is 11.1. The molecule has 0 unspecified atom stereocenters. The maximum Gasteiger partial charge on any atom is 0.573 e. The van der Waals surface area contributed by atoms with Crippen LogP contribution in [0.4, 0.5) is 24.5 Å². The molecule has 2 aromatic rings. The average molecular weight is 361 g/mol. The number of hydrogen-bond donors (Lipinski definition) is 2. The Labute approximate surface area is 141 Å². The van der Waals surface area contributed by atoms with Crippen molar-refractivity contribution in [2.75, 3.05) is 10.6 Å². The lowest BCUT2D eigenvalue weighted by Crippen LogP contribution is -2.19. The SMILES string of the molecule is Cc1cc(NC(=S)Nc2ccc(OC(F)(F)F)cc2)ccc1Cl. The van der Waals surface area contributed by atoms with Crippen LogP contribution in [-0.2, 0) is 0 Å². The number of anilines is 2. The number of aryl methyl sites for hydroxylation is 1. The van der Waals surface area contributed by atoms with Crippen LogP contribution >= 0.6 is 23.8 Å². The predicted molar refractivity (Wildman–Crippen MR) is 89.2 cm³/mol. The van der Waals surface area contributed by atoms with Crippen molar-refractivity contribution < 1.29 is 17.9 Å². The molecule has 2 aromatic carbocycles. The zero-order chi connectivity index (χ0) is 17.0. The van der Waals surface area contributed by atoms with Gasteiger partial charge in [0.1, 0.15) is 5.75 Å². The second-order valence-corrected chi connectivity index (χ2v) is 5.43. The lowest BCUT2D eigenvalue weighted by molar-refractivity contribution is -0.274. The molecule has 2 rings (SSSR count). The first kappa shape index (κ1) is 17.4. The van der Waals surface area contributed by atoms with Crippen molar-refractivity contribution in [2.45, 2.75) is 13.3 Å². The fourth-order valence-corrected chi connectivity index (χ4v) is 2.11. The highest BCUT2D eigenvalue weighted by atomic mass is 35.5. The van der Waals surface area contributed by atoms with Crippen molar-refractivity contribution in [3.8, 4) is 5.75 Å². The van der Waals surface area contributed by atoms with E-state index >= 15 is 0 Å². The lowest BCUT2D eigenvalue weighted by Gasteiger charge is -2.12. The maximum atomic E-state index is 12.1. The fraction of sp³-hybridized carbons (Fsp3) is 0.133. The van der Waals surface area contributed by atoms with E-state index in [9.17, 15) is 13.2 Å². The second kappa shape index (κ2) is 7.06. The van der Waals surface area contributed by atoms with Crippen LogP contribution < -0.4 is 15.4 Å². The van der Waals surface area contributed by atoms with E-state index in [1.807, 2.05) is 13.0 Å². The van der Waals surface area contributed by atoms with E-state index in [1.54, 1.807) is 12.1 Å². The standard InChI is InChI=1S/C15H12ClF3N2OS/c1-9-8-11(4-7-13(9)16)21-14(23)20-10-2-5-12(6-3-10)22-15(17,18)19/h2-8H,1H3,(H2,20,21,23). The first-order valence-corrected chi connectivity index (χ1v) is 7.21. The molecule has 2 N–H and O–H groups in total. The minimum atomic E-state index is -4.71. The van der Waals surface area contributed by atoms with E-state index in [-0.39, 0.29) is 5.75 Å². The van der Waals surface area contributed by atoms with E-state index in [1.165, 1.54) is 24.3 Å². The molecule has 122 valence electrons. The van der Waals surface area contributed by atoms with Gasteiger partial charge in [0.15, 0.2) is 5.11 Å². The molecule has 8 heteroatoms. The van der Waals surface area contributed by atoms with Gasteiger partial charge in [-0.1, -0.05) is 11.6 Å². The van der Waals surface area contributed by atoms with E-state index in [0.29, 0.717) is 15.8 Å². The summed E-state index contributed by atoms with van der Waals surface area (Å²) < 4.78 is 40.0. The first-order chi connectivity index (χ1) is 10.7. The number of rotatable bonds is 3. The van der Waals surface area contributed by atoms with Crippen LogP contribution in [0.3, 0.4) is 0 Å². The van der Waals surface area contributed by atoms with Gasteiger partial charge in [-0.3, -0.25) is 0 Å². The third kappa shape index (κ3) is 5.61. The number of thiocarbonyl (C=S) groups is 1. The second-order valence-electron chi connectivity index (χ2n) is 4.62. The molecule has 0 bridgehead atoms. The highest BCUT2D eigenvalue weighted by Crippen LogP contribution is 2.24. The molecule has 0 fully saturated rings. The molecule has 0 saturated heterocycles. The summed E-state index contributed by atoms with van der Waals surface area (Å²) in [6, 6.07) is 10.6. The van der Waals surface area contributed by atoms with Crippen LogP contribution in [-0.4, -0.2) is 11.5 Å². The van der Waals surface area contributed by atoms with E-state index in [4.69, 9.17) is 23.8 Å².